The predicted molar refractivity (Wildman–Crippen MR) is 80.6 cm³/mol. The topological polar surface area (TPSA) is 35.5 Å². The number of halogens is 1. The van der Waals surface area contributed by atoms with Gasteiger partial charge in [0.2, 0.25) is 0 Å². The van der Waals surface area contributed by atoms with Crippen LogP contribution in [0.1, 0.15) is 44.7 Å². The highest BCUT2D eigenvalue weighted by molar-refractivity contribution is 5.55. The van der Waals surface area contributed by atoms with Gasteiger partial charge in [0, 0.05) is 30.4 Å². The molecule has 1 heterocycles. The van der Waals surface area contributed by atoms with Crippen molar-refractivity contribution in [3.8, 4) is 0 Å². The summed E-state index contributed by atoms with van der Waals surface area (Å²) in [5, 5.41) is 13.3. The van der Waals surface area contributed by atoms with E-state index in [4.69, 9.17) is 0 Å². The number of benzene rings is 1. The Morgan fingerprint density at radius 3 is 2.80 bits per heavy atom. The molecule has 0 aliphatic carbocycles. The van der Waals surface area contributed by atoms with Gasteiger partial charge in [-0.15, -0.1) is 0 Å². The average Bonchev–Trinajstić information content (AvgIpc) is 2.58. The highest BCUT2D eigenvalue weighted by atomic mass is 19.1. The Kier molecular flexibility index (Phi) is 4.66. The fourth-order valence-corrected chi connectivity index (χ4v) is 2.88. The van der Waals surface area contributed by atoms with Crippen LogP contribution in [0.4, 0.5) is 10.1 Å². The third kappa shape index (κ3) is 3.30. The number of nitrogens with one attached hydrogen (secondary N) is 1. The number of hydrogen-bond acceptors (Lipinski definition) is 3. The van der Waals surface area contributed by atoms with E-state index in [1.165, 1.54) is 6.07 Å². The zero-order valence-corrected chi connectivity index (χ0v) is 12.6. The molecule has 1 aliphatic rings. The molecule has 1 fully saturated rings. The molecule has 0 amide bonds. The van der Waals surface area contributed by atoms with Crippen LogP contribution in [0.5, 0.6) is 0 Å². The molecule has 0 radical (unpaired) electrons. The van der Waals surface area contributed by atoms with Gasteiger partial charge in [-0.2, -0.15) is 0 Å². The maximum absolute atomic E-state index is 14.2. The van der Waals surface area contributed by atoms with Gasteiger partial charge in [-0.25, -0.2) is 4.39 Å². The minimum Gasteiger partial charge on any atom is -0.390 e. The lowest BCUT2D eigenvalue weighted by Gasteiger charge is -2.28. The van der Waals surface area contributed by atoms with Crippen LogP contribution >= 0.6 is 0 Å². The maximum Gasteiger partial charge on any atom is 0.130 e. The van der Waals surface area contributed by atoms with Crippen molar-refractivity contribution in [3.05, 3.63) is 29.6 Å². The Balaban J connectivity index is 2.30. The lowest BCUT2D eigenvalue weighted by molar-refractivity contribution is 0.0481. The first-order valence-electron chi connectivity index (χ1n) is 7.37. The number of anilines is 1. The summed E-state index contributed by atoms with van der Waals surface area (Å²) in [4.78, 5) is 2.20. The van der Waals surface area contributed by atoms with E-state index < -0.39 is 5.60 Å². The lowest BCUT2D eigenvalue weighted by Crippen LogP contribution is -2.30. The monoisotopic (exact) mass is 280 g/mol. The fourth-order valence-electron chi connectivity index (χ4n) is 2.88. The van der Waals surface area contributed by atoms with Crippen LogP contribution in [0, 0.1) is 5.82 Å². The summed E-state index contributed by atoms with van der Waals surface area (Å²) in [7, 11) is 1.84. The Morgan fingerprint density at radius 2 is 2.10 bits per heavy atom. The molecular formula is C16H25FN2O. The molecule has 0 spiro atoms. The number of hydrogen-bond donors (Lipinski definition) is 2. The third-order valence-corrected chi connectivity index (χ3v) is 4.30. The lowest BCUT2D eigenvalue weighted by atomic mass is 9.98. The van der Waals surface area contributed by atoms with Crippen molar-refractivity contribution in [2.24, 2.45) is 0 Å². The molecule has 1 aromatic carbocycles. The SMILES string of the molecule is CNC(C)c1c(F)cccc1N1CCCC(C)(O)CC1. The quantitative estimate of drug-likeness (QED) is 0.893. The van der Waals surface area contributed by atoms with Crippen LogP contribution in [-0.4, -0.2) is 30.8 Å². The molecule has 2 atom stereocenters. The Hall–Kier alpha value is -1.13. The standard InChI is InChI=1S/C16H25FN2O/c1-12(18-3)15-13(17)6-4-7-14(15)19-10-5-8-16(2,20)9-11-19/h4,6-7,12,18,20H,5,8-11H2,1-3H3. The van der Waals surface area contributed by atoms with Crippen LogP contribution < -0.4 is 10.2 Å². The van der Waals surface area contributed by atoms with Gasteiger partial charge in [0.1, 0.15) is 5.82 Å². The summed E-state index contributed by atoms with van der Waals surface area (Å²) in [6.07, 6.45) is 2.45. The summed E-state index contributed by atoms with van der Waals surface area (Å²) in [5.74, 6) is -0.166. The van der Waals surface area contributed by atoms with Crippen LogP contribution in [0.3, 0.4) is 0 Å². The summed E-state index contributed by atoms with van der Waals surface area (Å²) in [6, 6.07) is 5.22. The Bertz CT molecular complexity index is 462. The number of aliphatic hydroxyl groups is 1. The molecule has 2 N–H and O–H groups in total. The van der Waals surface area contributed by atoms with Crippen molar-refractivity contribution >= 4 is 5.69 Å². The molecular weight excluding hydrogens is 255 g/mol. The van der Waals surface area contributed by atoms with Crippen LogP contribution in [0.25, 0.3) is 0 Å². The van der Waals surface area contributed by atoms with Crippen molar-refractivity contribution in [2.45, 2.75) is 44.8 Å². The molecule has 2 unspecified atom stereocenters. The van der Waals surface area contributed by atoms with E-state index >= 15 is 0 Å². The van der Waals surface area contributed by atoms with Crippen molar-refractivity contribution in [1.82, 2.24) is 5.32 Å². The van der Waals surface area contributed by atoms with Gasteiger partial charge in [0.05, 0.1) is 5.60 Å². The second kappa shape index (κ2) is 6.10. The van der Waals surface area contributed by atoms with E-state index in [1.807, 2.05) is 27.0 Å². The van der Waals surface area contributed by atoms with Crippen LogP contribution in [-0.2, 0) is 0 Å². The van der Waals surface area contributed by atoms with Crippen molar-refractivity contribution < 1.29 is 9.50 Å². The van der Waals surface area contributed by atoms with Crippen molar-refractivity contribution in [2.75, 3.05) is 25.0 Å². The highest BCUT2D eigenvalue weighted by Crippen LogP contribution is 2.32. The average molecular weight is 280 g/mol. The molecule has 4 heteroatoms. The molecule has 0 saturated carbocycles. The summed E-state index contributed by atoms with van der Waals surface area (Å²) in [6.45, 7) is 5.48. The largest absolute Gasteiger partial charge is 0.390 e. The third-order valence-electron chi connectivity index (χ3n) is 4.30. The molecule has 2 rings (SSSR count). The molecule has 1 aromatic rings. The van der Waals surface area contributed by atoms with E-state index in [0.29, 0.717) is 0 Å². The van der Waals surface area contributed by atoms with E-state index in [9.17, 15) is 9.50 Å². The van der Waals surface area contributed by atoms with Gasteiger partial charge in [0.25, 0.3) is 0 Å². The fraction of sp³-hybridized carbons (Fsp3) is 0.625. The zero-order valence-electron chi connectivity index (χ0n) is 12.6. The molecule has 3 nitrogen and oxygen atoms in total. The molecule has 1 saturated heterocycles. The van der Waals surface area contributed by atoms with Gasteiger partial charge >= 0.3 is 0 Å². The molecule has 0 aromatic heterocycles. The minimum absolute atomic E-state index is 0.0324. The normalized spacial score (nSPS) is 25.4. The maximum atomic E-state index is 14.2. The second-order valence-electron chi connectivity index (χ2n) is 6.02. The summed E-state index contributed by atoms with van der Waals surface area (Å²) < 4.78 is 14.2. The first kappa shape index (κ1) is 15.3. The van der Waals surface area contributed by atoms with Gasteiger partial charge in [0.15, 0.2) is 0 Å². The highest BCUT2D eigenvalue weighted by Gasteiger charge is 2.27. The van der Waals surface area contributed by atoms with E-state index in [-0.39, 0.29) is 11.9 Å². The van der Waals surface area contributed by atoms with E-state index in [0.717, 1.165) is 43.6 Å². The van der Waals surface area contributed by atoms with Gasteiger partial charge in [-0.1, -0.05) is 6.07 Å². The van der Waals surface area contributed by atoms with Gasteiger partial charge in [-0.05, 0) is 52.3 Å². The molecule has 1 aliphatic heterocycles. The second-order valence-corrected chi connectivity index (χ2v) is 6.02. The first-order valence-corrected chi connectivity index (χ1v) is 7.37. The first-order chi connectivity index (χ1) is 9.44. The van der Waals surface area contributed by atoms with Crippen molar-refractivity contribution in [1.29, 1.82) is 0 Å². The van der Waals surface area contributed by atoms with Crippen molar-refractivity contribution in [3.63, 3.8) is 0 Å². The molecule has 112 valence electrons. The predicted octanol–water partition coefficient (Wildman–Crippen LogP) is 2.85. The smallest absolute Gasteiger partial charge is 0.130 e. The van der Waals surface area contributed by atoms with E-state index in [2.05, 4.69) is 10.2 Å². The zero-order chi connectivity index (χ0) is 14.8. The Labute approximate surface area is 120 Å². The molecule has 20 heavy (non-hydrogen) atoms. The van der Waals surface area contributed by atoms with Gasteiger partial charge in [-0.3, -0.25) is 0 Å². The van der Waals surface area contributed by atoms with Crippen LogP contribution in [0.2, 0.25) is 0 Å². The van der Waals surface area contributed by atoms with Gasteiger partial charge < -0.3 is 15.3 Å². The molecule has 0 bridgehead atoms. The number of rotatable bonds is 3. The summed E-state index contributed by atoms with van der Waals surface area (Å²) >= 11 is 0. The number of nitrogens with zero attached hydrogens (tertiary/aromatic N) is 1. The van der Waals surface area contributed by atoms with E-state index in [1.54, 1.807) is 6.07 Å². The Morgan fingerprint density at radius 1 is 1.35 bits per heavy atom. The minimum atomic E-state index is -0.600. The van der Waals surface area contributed by atoms with Crippen LogP contribution in [0.15, 0.2) is 18.2 Å². The summed E-state index contributed by atoms with van der Waals surface area (Å²) in [5.41, 5.74) is 1.07.